The molecule has 23 heavy (non-hydrogen) atoms. The van der Waals surface area contributed by atoms with E-state index in [0.29, 0.717) is 6.42 Å². The van der Waals surface area contributed by atoms with Gasteiger partial charge in [0.2, 0.25) is 5.91 Å². The maximum atomic E-state index is 11.8. The average Bonchev–Trinajstić information content (AvgIpc) is 2.57. The summed E-state index contributed by atoms with van der Waals surface area (Å²) in [4.78, 5) is 13.0. The van der Waals surface area contributed by atoms with Gasteiger partial charge in [-0.15, -0.1) is 11.8 Å². The quantitative estimate of drug-likeness (QED) is 0.535. The molecule has 0 bridgehead atoms. The normalized spacial score (nSPS) is 10.5. The van der Waals surface area contributed by atoms with Crippen LogP contribution in [-0.2, 0) is 10.5 Å². The molecule has 1 amide bonds. The van der Waals surface area contributed by atoms with Gasteiger partial charge in [0.1, 0.15) is 0 Å². The molecule has 2 aromatic carbocycles. The minimum Gasteiger partial charge on any atom is -0.355 e. The highest BCUT2D eigenvalue weighted by Crippen LogP contribution is 2.18. The van der Waals surface area contributed by atoms with Gasteiger partial charge in [0, 0.05) is 35.1 Å². The summed E-state index contributed by atoms with van der Waals surface area (Å²) in [6.07, 6.45) is 0.571. The molecule has 4 heteroatoms. The predicted molar refractivity (Wildman–Crippen MR) is 102 cm³/mol. The zero-order valence-corrected chi connectivity index (χ0v) is 15.1. The van der Waals surface area contributed by atoms with Crippen LogP contribution in [0.2, 0.25) is 0 Å². The zero-order chi connectivity index (χ0) is 16.3. The van der Waals surface area contributed by atoms with Crippen molar-refractivity contribution in [2.45, 2.75) is 24.0 Å². The molecule has 0 heterocycles. The van der Waals surface area contributed by atoms with Crippen molar-refractivity contribution in [3.8, 4) is 0 Å². The summed E-state index contributed by atoms with van der Waals surface area (Å²) < 4.78 is 0. The topological polar surface area (TPSA) is 29.1 Å². The number of nitrogens with one attached hydrogen (secondary N) is 1. The van der Waals surface area contributed by atoms with Gasteiger partial charge in [-0.3, -0.25) is 4.79 Å². The Bertz CT molecular complexity index is 584. The van der Waals surface area contributed by atoms with Crippen LogP contribution in [0.1, 0.15) is 17.5 Å². The first-order chi connectivity index (χ1) is 11.2. The molecular formula is C19H23NOS2. The van der Waals surface area contributed by atoms with E-state index >= 15 is 0 Å². The molecule has 0 fully saturated rings. The Hall–Kier alpha value is -1.39. The molecule has 2 aromatic rings. The molecule has 0 saturated carbocycles. The summed E-state index contributed by atoms with van der Waals surface area (Å²) in [6, 6.07) is 18.8. The van der Waals surface area contributed by atoms with Gasteiger partial charge in [-0.1, -0.05) is 48.0 Å². The summed E-state index contributed by atoms with van der Waals surface area (Å²) in [5, 5.41) is 2.99. The average molecular weight is 346 g/mol. The number of amides is 1. The predicted octanol–water partition coefficient (Wildman–Crippen LogP) is 4.53. The summed E-state index contributed by atoms with van der Waals surface area (Å²) in [7, 11) is 0. The third-order valence-electron chi connectivity index (χ3n) is 3.30. The van der Waals surface area contributed by atoms with Gasteiger partial charge in [0.05, 0.1) is 0 Å². The number of carbonyl (C=O) groups is 1. The Morgan fingerprint density at radius 1 is 1.00 bits per heavy atom. The van der Waals surface area contributed by atoms with Gasteiger partial charge >= 0.3 is 0 Å². The van der Waals surface area contributed by atoms with E-state index in [-0.39, 0.29) is 5.91 Å². The van der Waals surface area contributed by atoms with Crippen LogP contribution in [0.3, 0.4) is 0 Å². The molecule has 0 aliphatic rings. The molecule has 2 rings (SSSR count). The van der Waals surface area contributed by atoms with Gasteiger partial charge in [0.25, 0.3) is 0 Å². The minimum atomic E-state index is 0.143. The van der Waals surface area contributed by atoms with Gasteiger partial charge < -0.3 is 5.32 Å². The van der Waals surface area contributed by atoms with Gasteiger partial charge in [-0.2, -0.15) is 11.8 Å². The van der Waals surface area contributed by atoms with Crippen LogP contribution in [-0.4, -0.2) is 24.0 Å². The lowest BCUT2D eigenvalue weighted by Crippen LogP contribution is -2.25. The lowest BCUT2D eigenvalue weighted by atomic mass is 10.2. The van der Waals surface area contributed by atoms with Gasteiger partial charge in [0.15, 0.2) is 0 Å². The van der Waals surface area contributed by atoms with Gasteiger partial charge in [-0.25, -0.2) is 0 Å². The first kappa shape index (κ1) is 18.0. The largest absolute Gasteiger partial charge is 0.355 e. The molecule has 2 nitrogen and oxygen atoms in total. The van der Waals surface area contributed by atoms with Crippen molar-refractivity contribution in [3.05, 3.63) is 65.7 Å². The summed E-state index contributed by atoms with van der Waals surface area (Å²) in [6.45, 7) is 2.82. The molecule has 1 N–H and O–H groups in total. The molecule has 0 atom stereocenters. The second-order valence-corrected chi connectivity index (χ2v) is 7.57. The number of rotatable bonds is 9. The fourth-order valence-corrected chi connectivity index (χ4v) is 3.68. The second-order valence-electron chi connectivity index (χ2n) is 5.30. The number of carbonyl (C=O) groups excluding carboxylic acids is 1. The van der Waals surface area contributed by atoms with Crippen LogP contribution in [0.15, 0.2) is 59.5 Å². The van der Waals surface area contributed by atoms with Crippen LogP contribution in [0, 0.1) is 6.92 Å². The summed E-state index contributed by atoms with van der Waals surface area (Å²) in [5.74, 6) is 2.92. The van der Waals surface area contributed by atoms with E-state index in [1.54, 1.807) is 11.8 Å². The molecular weight excluding hydrogens is 322 g/mol. The Balaban J connectivity index is 1.51. The lowest BCUT2D eigenvalue weighted by Gasteiger charge is -2.06. The fraction of sp³-hybridized carbons (Fsp3) is 0.316. The summed E-state index contributed by atoms with van der Waals surface area (Å²) >= 11 is 3.58. The molecule has 0 aliphatic heterocycles. The highest BCUT2D eigenvalue weighted by molar-refractivity contribution is 7.99. The van der Waals surface area contributed by atoms with Crippen molar-refractivity contribution in [2.75, 3.05) is 18.1 Å². The van der Waals surface area contributed by atoms with Crippen molar-refractivity contribution in [3.63, 3.8) is 0 Å². The Kier molecular flexibility index (Phi) is 8.12. The lowest BCUT2D eigenvalue weighted by molar-refractivity contribution is -0.120. The Morgan fingerprint density at radius 3 is 2.48 bits per heavy atom. The van der Waals surface area contributed by atoms with Crippen molar-refractivity contribution in [1.82, 2.24) is 5.32 Å². The number of hydrogen-bond acceptors (Lipinski definition) is 3. The first-order valence-electron chi connectivity index (χ1n) is 7.82. The number of benzene rings is 2. The van der Waals surface area contributed by atoms with E-state index in [4.69, 9.17) is 0 Å². The SMILES string of the molecule is Cc1ccc(SCCC(=O)NCCSCc2ccccc2)cc1. The van der Waals surface area contributed by atoms with E-state index in [2.05, 4.69) is 60.8 Å². The minimum absolute atomic E-state index is 0.143. The van der Waals surface area contributed by atoms with Crippen molar-refractivity contribution < 1.29 is 4.79 Å². The van der Waals surface area contributed by atoms with Crippen molar-refractivity contribution in [2.24, 2.45) is 0 Å². The molecule has 0 radical (unpaired) electrons. The molecule has 0 aliphatic carbocycles. The monoisotopic (exact) mass is 345 g/mol. The van der Waals surface area contributed by atoms with Gasteiger partial charge in [-0.05, 0) is 24.6 Å². The van der Waals surface area contributed by atoms with E-state index in [1.165, 1.54) is 16.0 Å². The van der Waals surface area contributed by atoms with Crippen LogP contribution in [0.25, 0.3) is 0 Å². The van der Waals surface area contributed by atoms with Crippen LogP contribution in [0.5, 0.6) is 0 Å². The van der Waals surface area contributed by atoms with E-state index in [9.17, 15) is 4.79 Å². The smallest absolute Gasteiger partial charge is 0.220 e. The van der Waals surface area contributed by atoms with E-state index in [0.717, 1.165) is 23.8 Å². The Labute approximate surface area is 147 Å². The van der Waals surface area contributed by atoms with E-state index < -0.39 is 0 Å². The molecule has 122 valence electrons. The fourth-order valence-electron chi connectivity index (χ4n) is 2.01. The standard InChI is InChI=1S/C19H23NOS2/c1-16-7-9-18(10-8-16)23-13-11-19(21)20-12-14-22-15-17-5-3-2-4-6-17/h2-10H,11-15H2,1H3,(H,20,21). The molecule has 0 spiro atoms. The second kappa shape index (κ2) is 10.4. The van der Waals surface area contributed by atoms with Crippen LogP contribution in [0.4, 0.5) is 0 Å². The maximum absolute atomic E-state index is 11.8. The molecule has 0 unspecified atom stereocenters. The third-order valence-corrected chi connectivity index (χ3v) is 5.34. The van der Waals surface area contributed by atoms with Crippen LogP contribution < -0.4 is 5.32 Å². The first-order valence-corrected chi connectivity index (χ1v) is 9.96. The number of hydrogen-bond donors (Lipinski definition) is 1. The van der Waals surface area contributed by atoms with Crippen LogP contribution >= 0.6 is 23.5 Å². The molecule has 0 aromatic heterocycles. The summed E-state index contributed by atoms with van der Waals surface area (Å²) in [5.41, 5.74) is 2.60. The highest BCUT2D eigenvalue weighted by atomic mass is 32.2. The number of aryl methyl sites for hydroxylation is 1. The Morgan fingerprint density at radius 2 is 1.74 bits per heavy atom. The zero-order valence-electron chi connectivity index (χ0n) is 13.5. The highest BCUT2D eigenvalue weighted by Gasteiger charge is 2.02. The molecule has 0 saturated heterocycles. The number of thioether (sulfide) groups is 2. The maximum Gasteiger partial charge on any atom is 0.220 e. The van der Waals surface area contributed by atoms with Crippen molar-refractivity contribution in [1.29, 1.82) is 0 Å². The van der Waals surface area contributed by atoms with Crippen molar-refractivity contribution >= 4 is 29.4 Å². The van der Waals surface area contributed by atoms with E-state index in [1.807, 2.05) is 17.8 Å². The third kappa shape index (κ3) is 7.62.